The summed E-state index contributed by atoms with van der Waals surface area (Å²) in [6, 6.07) is 0. The fourth-order valence-corrected chi connectivity index (χ4v) is 1.30. The number of aromatic nitrogens is 4. The van der Waals surface area contributed by atoms with Crippen LogP contribution in [0.15, 0.2) is 12.7 Å². The molecule has 0 amide bonds. The lowest BCUT2D eigenvalue weighted by atomic mass is 10.5. The van der Waals surface area contributed by atoms with Gasteiger partial charge in [0.05, 0.1) is 12.9 Å². The van der Waals surface area contributed by atoms with Crippen molar-refractivity contribution in [1.82, 2.24) is 19.5 Å². The molecule has 2 rings (SSSR count). The molecule has 0 atom stereocenters. The van der Waals surface area contributed by atoms with Crippen LogP contribution in [0.25, 0.3) is 11.2 Å². The van der Waals surface area contributed by atoms with Gasteiger partial charge in [-0.3, -0.25) is 0 Å². The van der Waals surface area contributed by atoms with Crippen LogP contribution in [0, 0.1) is 0 Å². The Labute approximate surface area is 79.0 Å². The zero-order valence-electron chi connectivity index (χ0n) is 6.68. The van der Waals surface area contributed by atoms with Crippen molar-refractivity contribution in [3.8, 4) is 0 Å². The first-order chi connectivity index (χ1) is 6.33. The van der Waals surface area contributed by atoms with E-state index in [0.717, 1.165) is 0 Å². The number of rotatable bonds is 2. The Balaban J connectivity index is 2.61. The molecule has 0 bridgehead atoms. The molecule has 0 aliphatic rings. The Bertz CT molecular complexity index is 427. The molecule has 0 aromatic carbocycles. The van der Waals surface area contributed by atoms with E-state index < -0.39 is 0 Å². The molecule has 0 saturated carbocycles. The number of imidazole rings is 1. The van der Waals surface area contributed by atoms with Crippen molar-refractivity contribution in [3.63, 3.8) is 0 Å². The van der Waals surface area contributed by atoms with Crippen LogP contribution in [-0.4, -0.2) is 31.2 Å². The SMILES string of the molecule is OCCn1cnc2c(Cl)ncnc21. The smallest absolute Gasteiger partial charge is 0.164 e. The van der Waals surface area contributed by atoms with E-state index in [1.54, 1.807) is 10.9 Å². The topological polar surface area (TPSA) is 63.8 Å². The van der Waals surface area contributed by atoms with Crippen LogP contribution in [0.3, 0.4) is 0 Å². The van der Waals surface area contributed by atoms with E-state index in [-0.39, 0.29) is 6.61 Å². The molecule has 1 N–H and O–H groups in total. The number of aliphatic hydroxyl groups is 1. The minimum Gasteiger partial charge on any atom is -0.395 e. The Morgan fingerprint density at radius 2 is 2.23 bits per heavy atom. The van der Waals surface area contributed by atoms with E-state index in [4.69, 9.17) is 16.7 Å². The summed E-state index contributed by atoms with van der Waals surface area (Å²) in [6.45, 7) is 0.511. The van der Waals surface area contributed by atoms with Gasteiger partial charge in [-0.15, -0.1) is 0 Å². The third kappa shape index (κ3) is 1.36. The van der Waals surface area contributed by atoms with Gasteiger partial charge >= 0.3 is 0 Å². The summed E-state index contributed by atoms with van der Waals surface area (Å²) in [7, 11) is 0. The maximum atomic E-state index is 8.74. The van der Waals surface area contributed by atoms with E-state index in [9.17, 15) is 0 Å². The molecule has 0 radical (unpaired) electrons. The molecular formula is C7H7ClN4O. The van der Waals surface area contributed by atoms with E-state index in [0.29, 0.717) is 22.9 Å². The highest BCUT2D eigenvalue weighted by Crippen LogP contribution is 2.16. The molecule has 2 aromatic rings. The number of hydrogen-bond donors (Lipinski definition) is 1. The van der Waals surface area contributed by atoms with Gasteiger partial charge in [0.25, 0.3) is 0 Å². The summed E-state index contributed by atoms with van der Waals surface area (Å²) < 4.78 is 1.73. The summed E-state index contributed by atoms with van der Waals surface area (Å²) in [5.41, 5.74) is 1.21. The van der Waals surface area contributed by atoms with Gasteiger partial charge in [0.15, 0.2) is 10.8 Å². The Kier molecular flexibility index (Phi) is 2.12. The molecule has 6 heteroatoms. The highest BCUT2D eigenvalue weighted by Gasteiger charge is 2.06. The molecule has 0 aliphatic heterocycles. The van der Waals surface area contributed by atoms with Crippen molar-refractivity contribution in [3.05, 3.63) is 17.8 Å². The zero-order chi connectivity index (χ0) is 9.26. The van der Waals surface area contributed by atoms with Crippen molar-refractivity contribution in [2.45, 2.75) is 6.54 Å². The first kappa shape index (κ1) is 8.40. The molecule has 2 aromatic heterocycles. The average Bonchev–Trinajstić information content (AvgIpc) is 2.51. The van der Waals surface area contributed by atoms with Gasteiger partial charge in [-0.05, 0) is 0 Å². The Hall–Kier alpha value is -1.20. The highest BCUT2D eigenvalue weighted by atomic mass is 35.5. The van der Waals surface area contributed by atoms with Gasteiger partial charge in [-0.2, -0.15) is 0 Å². The van der Waals surface area contributed by atoms with Gasteiger partial charge in [-0.25, -0.2) is 15.0 Å². The van der Waals surface area contributed by atoms with Gasteiger partial charge in [0.1, 0.15) is 11.8 Å². The fraction of sp³-hybridized carbons (Fsp3) is 0.286. The summed E-state index contributed by atoms with van der Waals surface area (Å²) >= 11 is 5.78. The first-order valence-electron chi connectivity index (χ1n) is 3.75. The fourth-order valence-electron chi connectivity index (χ4n) is 1.12. The predicted molar refractivity (Wildman–Crippen MR) is 47.4 cm³/mol. The second-order valence-electron chi connectivity index (χ2n) is 2.50. The van der Waals surface area contributed by atoms with Crippen LogP contribution in [-0.2, 0) is 6.54 Å². The highest BCUT2D eigenvalue weighted by molar-refractivity contribution is 6.33. The molecule has 0 spiro atoms. The summed E-state index contributed by atoms with van der Waals surface area (Å²) in [5.74, 6) is 0. The monoisotopic (exact) mass is 198 g/mol. The number of fused-ring (bicyclic) bond motifs is 1. The number of hydrogen-bond acceptors (Lipinski definition) is 4. The molecule has 0 unspecified atom stereocenters. The molecule has 0 aliphatic carbocycles. The molecule has 0 saturated heterocycles. The van der Waals surface area contributed by atoms with Gasteiger partial charge in [0, 0.05) is 6.54 Å². The predicted octanol–water partition coefficient (Wildman–Crippen LogP) is 0.472. The molecule has 2 heterocycles. The second kappa shape index (κ2) is 3.27. The summed E-state index contributed by atoms with van der Waals surface area (Å²) in [6.07, 6.45) is 2.96. The van der Waals surface area contributed by atoms with Crippen molar-refractivity contribution in [2.75, 3.05) is 6.61 Å². The molecular weight excluding hydrogens is 192 g/mol. The zero-order valence-corrected chi connectivity index (χ0v) is 7.44. The standard InChI is InChI=1S/C7H7ClN4O/c8-6-5-7(10-3-9-6)12(1-2-13)4-11-5/h3-4,13H,1-2H2. The average molecular weight is 199 g/mol. The molecule has 68 valence electrons. The van der Waals surface area contributed by atoms with E-state index in [2.05, 4.69) is 15.0 Å². The third-order valence-corrected chi connectivity index (χ3v) is 1.97. The lowest BCUT2D eigenvalue weighted by Crippen LogP contribution is -2.01. The van der Waals surface area contributed by atoms with Crippen LogP contribution >= 0.6 is 11.6 Å². The van der Waals surface area contributed by atoms with Crippen LogP contribution in [0.2, 0.25) is 5.15 Å². The number of halogens is 1. The van der Waals surface area contributed by atoms with Crippen molar-refractivity contribution in [2.24, 2.45) is 0 Å². The minimum absolute atomic E-state index is 0.0487. The lowest BCUT2D eigenvalue weighted by Gasteiger charge is -1.98. The molecule has 0 fully saturated rings. The maximum absolute atomic E-state index is 8.74. The second-order valence-corrected chi connectivity index (χ2v) is 2.86. The quantitative estimate of drug-likeness (QED) is 0.713. The minimum atomic E-state index is 0.0487. The van der Waals surface area contributed by atoms with E-state index in [1.807, 2.05) is 0 Å². The van der Waals surface area contributed by atoms with E-state index in [1.165, 1.54) is 6.33 Å². The third-order valence-electron chi connectivity index (χ3n) is 1.70. The van der Waals surface area contributed by atoms with Crippen LogP contribution < -0.4 is 0 Å². The largest absolute Gasteiger partial charge is 0.395 e. The first-order valence-corrected chi connectivity index (χ1v) is 4.13. The van der Waals surface area contributed by atoms with E-state index >= 15 is 0 Å². The van der Waals surface area contributed by atoms with Gasteiger partial charge < -0.3 is 9.67 Å². The van der Waals surface area contributed by atoms with Crippen molar-refractivity contribution >= 4 is 22.8 Å². The van der Waals surface area contributed by atoms with Gasteiger partial charge in [-0.1, -0.05) is 11.6 Å². The summed E-state index contributed by atoms with van der Waals surface area (Å²) in [4.78, 5) is 11.8. The van der Waals surface area contributed by atoms with Crippen LogP contribution in [0.5, 0.6) is 0 Å². The lowest BCUT2D eigenvalue weighted by molar-refractivity contribution is 0.277. The normalized spacial score (nSPS) is 10.9. The number of aliphatic hydroxyl groups excluding tert-OH is 1. The van der Waals surface area contributed by atoms with Gasteiger partial charge in [0.2, 0.25) is 0 Å². The number of nitrogens with zero attached hydrogens (tertiary/aromatic N) is 4. The van der Waals surface area contributed by atoms with Crippen LogP contribution in [0.1, 0.15) is 0 Å². The van der Waals surface area contributed by atoms with Crippen molar-refractivity contribution < 1.29 is 5.11 Å². The Morgan fingerprint density at radius 1 is 1.38 bits per heavy atom. The summed E-state index contributed by atoms with van der Waals surface area (Å²) in [5, 5.41) is 9.08. The van der Waals surface area contributed by atoms with Crippen LogP contribution in [0.4, 0.5) is 0 Å². The maximum Gasteiger partial charge on any atom is 0.164 e. The molecule has 13 heavy (non-hydrogen) atoms. The van der Waals surface area contributed by atoms with Crippen molar-refractivity contribution in [1.29, 1.82) is 0 Å². The molecule has 5 nitrogen and oxygen atoms in total. The Morgan fingerprint density at radius 3 is 3.00 bits per heavy atom.